The minimum atomic E-state index is -1.10. The first-order valence-corrected chi connectivity index (χ1v) is 6.95. The van der Waals surface area contributed by atoms with Crippen LogP contribution in [-0.2, 0) is 14.3 Å². The van der Waals surface area contributed by atoms with E-state index in [0.29, 0.717) is 6.42 Å². The Balaban J connectivity index is 4.49. The molecule has 0 spiro atoms. The lowest BCUT2D eigenvalue weighted by Gasteiger charge is -2.23. The van der Waals surface area contributed by atoms with Crippen LogP contribution in [0.2, 0.25) is 0 Å². The summed E-state index contributed by atoms with van der Waals surface area (Å²) in [6.45, 7) is 10.3. The number of carboxylic acids is 1. The maximum Gasteiger partial charge on any atom is 0.408 e. The van der Waals surface area contributed by atoms with E-state index in [1.807, 2.05) is 13.8 Å². The van der Waals surface area contributed by atoms with E-state index in [-0.39, 0.29) is 5.92 Å². The molecule has 0 aliphatic carbocycles. The van der Waals surface area contributed by atoms with E-state index >= 15 is 0 Å². The molecule has 0 rings (SSSR count). The van der Waals surface area contributed by atoms with Crippen LogP contribution >= 0.6 is 0 Å². The number of hydrogen-bond acceptors (Lipinski definition) is 4. The number of carbonyl (C=O) groups is 3. The highest BCUT2D eigenvalue weighted by Crippen LogP contribution is 2.07. The highest BCUT2D eigenvalue weighted by molar-refractivity contribution is 5.88. The van der Waals surface area contributed by atoms with Crippen molar-refractivity contribution in [2.75, 3.05) is 0 Å². The molecule has 3 N–H and O–H groups in total. The fourth-order valence-corrected chi connectivity index (χ4v) is 1.54. The lowest BCUT2D eigenvalue weighted by Crippen LogP contribution is -2.51. The molecule has 0 fully saturated rings. The van der Waals surface area contributed by atoms with Gasteiger partial charge >= 0.3 is 12.1 Å². The Labute approximate surface area is 125 Å². The Hall–Kier alpha value is -1.79. The van der Waals surface area contributed by atoms with E-state index in [1.54, 1.807) is 20.8 Å². The van der Waals surface area contributed by atoms with Crippen molar-refractivity contribution in [1.29, 1.82) is 0 Å². The normalized spacial score (nSPS) is 14.2. The summed E-state index contributed by atoms with van der Waals surface area (Å²) in [6.07, 6.45) is -0.402. The van der Waals surface area contributed by atoms with E-state index in [1.165, 1.54) is 6.92 Å². The zero-order chi connectivity index (χ0) is 16.8. The number of carboxylic acid groups (broad SMARTS) is 1. The van der Waals surface area contributed by atoms with E-state index in [9.17, 15) is 14.4 Å². The Kier molecular flexibility index (Phi) is 7.18. The monoisotopic (exact) mass is 302 g/mol. The number of carbonyl (C=O) groups excluding carboxylic acids is 2. The molecule has 0 radical (unpaired) electrons. The first kappa shape index (κ1) is 19.2. The molecule has 0 aromatic rings. The highest BCUT2D eigenvalue weighted by atomic mass is 16.6. The summed E-state index contributed by atoms with van der Waals surface area (Å²) in [5.41, 5.74) is -0.665. The third-order valence-electron chi connectivity index (χ3n) is 2.45. The molecule has 2 amide bonds. The largest absolute Gasteiger partial charge is 0.480 e. The number of aliphatic carboxylic acids is 1. The van der Waals surface area contributed by atoms with Crippen LogP contribution in [0, 0.1) is 5.92 Å². The minimum absolute atomic E-state index is 0.125. The molecule has 21 heavy (non-hydrogen) atoms. The van der Waals surface area contributed by atoms with Crippen LogP contribution in [-0.4, -0.2) is 40.8 Å². The molecule has 122 valence electrons. The summed E-state index contributed by atoms with van der Waals surface area (Å²) < 4.78 is 5.03. The molecule has 1 unspecified atom stereocenters. The van der Waals surface area contributed by atoms with Crippen molar-refractivity contribution in [2.45, 2.75) is 65.6 Å². The van der Waals surface area contributed by atoms with E-state index in [0.717, 1.165) is 0 Å². The van der Waals surface area contributed by atoms with Crippen molar-refractivity contribution in [3.05, 3.63) is 0 Å². The second-order valence-corrected chi connectivity index (χ2v) is 6.40. The van der Waals surface area contributed by atoms with E-state index in [4.69, 9.17) is 9.84 Å². The van der Waals surface area contributed by atoms with Gasteiger partial charge in [-0.2, -0.15) is 0 Å². The molecular weight excluding hydrogens is 276 g/mol. The van der Waals surface area contributed by atoms with Crippen molar-refractivity contribution < 1.29 is 24.2 Å². The molecule has 0 aliphatic rings. The standard InChI is InChI=1S/C14H26N2O5/c1-8(2)7-10(12(18)19)16-11(17)9(3)15-13(20)21-14(4,5)6/h8-10H,7H2,1-6H3,(H,15,20)(H,16,17)(H,18,19)/t9-,10?/m0/s1. The average molecular weight is 302 g/mol. The third kappa shape index (κ3) is 8.88. The average Bonchev–Trinajstić information content (AvgIpc) is 2.24. The molecule has 0 bridgehead atoms. The summed E-state index contributed by atoms with van der Waals surface area (Å²) in [7, 11) is 0. The van der Waals surface area contributed by atoms with Gasteiger partial charge in [-0.05, 0) is 40.0 Å². The summed E-state index contributed by atoms with van der Waals surface area (Å²) in [4.78, 5) is 34.5. The van der Waals surface area contributed by atoms with Gasteiger partial charge in [0.2, 0.25) is 5.91 Å². The molecule has 0 saturated carbocycles. The lowest BCUT2D eigenvalue weighted by atomic mass is 10.0. The Morgan fingerprint density at radius 1 is 1.10 bits per heavy atom. The fourth-order valence-electron chi connectivity index (χ4n) is 1.54. The van der Waals surface area contributed by atoms with Crippen molar-refractivity contribution in [1.82, 2.24) is 10.6 Å². The van der Waals surface area contributed by atoms with Gasteiger partial charge in [-0.1, -0.05) is 13.8 Å². The first-order valence-electron chi connectivity index (χ1n) is 6.95. The zero-order valence-corrected chi connectivity index (χ0v) is 13.5. The molecule has 0 aliphatic heterocycles. The number of hydrogen-bond donors (Lipinski definition) is 3. The minimum Gasteiger partial charge on any atom is -0.480 e. The van der Waals surface area contributed by atoms with Crippen LogP contribution in [0.3, 0.4) is 0 Å². The lowest BCUT2D eigenvalue weighted by molar-refractivity contribution is -0.142. The molecule has 0 saturated heterocycles. The SMILES string of the molecule is CC(C)CC(NC(=O)[C@H](C)NC(=O)OC(C)(C)C)C(=O)O. The summed E-state index contributed by atoms with van der Waals surface area (Å²) in [5.74, 6) is -1.53. The topological polar surface area (TPSA) is 105 Å². The number of amides is 2. The van der Waals surface area contributed by atoms with Gasteiger partial charge in [-0.3, -0.25) is 4.79 Å². The third-order valence-corrected chi connectivity index (χ3v) is 2.45. The molecule has 0 aromatic carbocycles. The molecule has 7 nitrogen and oxygen atoms in total. The highest BCUT2D eigenvalue weighted by Gasteiger charge is 2.25. The fraction of sp³-hybridized carbons (Fsp3) is 0.786. The van der Waals surface area contributed by atoms with Crippen molar-refractivity contribution in [2.24, 2.45) is 5.92 Å². The Morgan fingerprint density at radius 3 is 2.00 bits per heavy atom. The summed E-state index contributed by atoms with van der Waals surface area (Å²) >= 11 is 0. The van der Waals surface area contributed by atoms with Crippen molar-refractivity contribution >= 4 is 18.0 Å². The number of ether oxygens (including phenoxy) is 1. The van der Waals surface area contributed by atoms with E-state index in [2.05, 4.69) is 10.6 Å². The van der Waals surface area contributed by atoms with Crippen LogP contribution in [0.5, 0.6) is 0 Å². The van der Waals surface area contributed by atoms with Crippen LogP contribution < -0.4 is 10.6 Å². The number of rotatable bonds is 6. The predicted octanol–water partition coefficient (Wildman–Crippen LogP) is 1.52. The summed E-state index contributed by atoms with van der Waals surface area (Å²) in [5, 5.41) is 13.8. The predicted molar refractivity (Wildman–Crippen MR) is 77.9 cm³/mol. The second kappa shape index (κ2) is 7.85. The van der Waals surface area contributed by atoms with Gasteiger partial charge in [0.15, 0.2) is 0 Å². The van der Waals surface area contributed by atoms with Crippen molar-refractivity contribution in [3.8, 4) is 0 Å². The number of nitrogens with one attached hydrogen (secondary N) is 2. The maximum atomic E-state index is 11.9. The number of alkyl carbamates (subject to hydrolysis) is 1. The second-order valence-electron chi connectivity index (χ2n) is 6.40. The molecule has 2 atom stereocenters. The van der Waals surface area contributed by atoms with E-state index < -0.39 is 35.7 Å². The van der Waals surface area contributed by atoms with Gasteiger partial charge < -0.3 is 20.5 Å². The quantitative estimate of drug-likeness (QED) is 0.690. The van der Waals surface area contributed by atoms with Gasteiger partial charge in [0.25, 0.3) is 0 Å². The van der Waals surface area contributed by atoms with Gasteiger partial charge in [0.1, 0.15) is 17.7 Å². The molecular formula is C14H26N2O5. The molecule has 0 aromatic heterocycles. The van der Waals surface area contributed by atoms with Gasteiger partial charge in [-0.25, -0.2) is 9.59 Å². The smallest absolute Gasteiger partial charge is 0.408 e. The zero-order valence-electron chi connectivity index (χ0n) is 13.5. The molecule has 7 heteroatoms. The maximum absolute atomic E-state index is 11.9. The first-order chi connectivity index (χ1) is 9.42. The van der Waals surface area contributed by atoms with Crippen molar-refractivity contribution in [3.63, 3.8) is 0 Å². The Morgan fingerprint density at radius 2 is 1.62 bits per heavy atom. The molecule has 0 heterocycles. The van der Waals surface area contributed by atoms with Crippen LogP contribution in [0.15, 0.2) is 0 Å². The van der Waals surface area contributed by atoms with Crippen LogP contribution in [0.4, 0.5) is 4.79 Å². The Bertz CT molecular complexity index is 387. The van der Waals surface area contributed by atoms with Crippen LogP contribution in [0.25, 0.3) is 0 Å². The summed E-state index contributed by atoms with van der Waals surface area (Å²) in [6, 6.07) is -1.85. The van der Waals surface area contributed by atoms with Gasteiger partial charge in [0.05, 0.1) is 0 Å². The van der Waals surface area contributed by atoms with Gasteiger partial charge in [-0.15, -0.1) is 0 Å². The van der Waals surface area contributed by atoms with Crippen LogP contribution in [0.1, 0.15) is 48.0 Å². The van der Waals surface area contributed by atoms with Gasteiger partial charge in [0, 0.05) is 0 Å².